The van der Waals surface area contributed by atoms with Crippen LogP contribution in [-0.2, 0) is 0 Å². The SMILES string of the molecule is CCC[NH+]1CCC(C[NH3+])CC1. The molecule has 1 saturated heterocycles. The molecule has 1 rings (SSSR count). The Bertz CT molecular complexity index is 95.7. The second-order valence-corrected chi connectivity index (χ2v) is 3.73. The van der Waals surface area contributed by atoms with E-state index in [0.717, 1.165) is 12.5 Å². The highest BCUT2D eigenvalue weighted by atomic mass is 15.1. The summed E-state index contributed by atoms with van der Waals surface area (Å²) in [4.78, 5) is 1.82. The first kappa shape index (κ1) is 9.01. The summed E-state index contributed by atoms with van der Waals surface area (Å²) in [5.74, 6) is 0.940. The smallest absolute Gasteiger partial charge is 0.0775 e. The van der Waals surface area contributed by atoms with E-state index in [1.165, 1.54) is 38.9 Å². The fourth-order valence-electron chi connectivity index (χ4n) is 1.98. The van der Waals surface area contributed by atoms with Crippen molar-refractivity contribution in [2.24, 2.45) is 5.92 Å². The number of piperidine rings is 1. The van der Waals surface area contributed by atoms with Crippen LogP contribution in [0.15, 0.2) is 0 Å². The molecule has 0 saturated carbocycles. The predicted octanol–water partition coefficient (Wildman–Crippen LogP) is -1.07. The normalized spacial score (nSPS) is 32.2. The van der Waals surface area contributed by atoms with Gasteiger partial charge in [0.1, 0.15) is 0 Å². The van der Waals surface area contributed by atoms with Gasteiger partial charge in [-0.1, -0.05) is 6.92 Å². The lowest BCUT2D eigenvalue weighted by atomic mass is 9.97. The van der Waals surface area contributed by atoms with Gasteiger partial charge in [0, 0.05) is 18.8 Å². The van der Waals surface area contributed by atoms with E-state index in [-0.39, 0.29) is 0 Å². The van der Waals surface area contributed by atoms with Crippen LogP contribution in [0.5, 0.6) is 0 Å². The maximum Gasteiger partial charge on any atom is 0.0775 e. The Morgan fingerprint density at radius 3 is 2.45 bits per heavy atom. The van der Waals surface area contributed by atoms with Gasteiger partial charge < -0.3 is 10.6 Å². The molecule has 0 unspecified atom stereocenters. The zero-order chi connectivity index (χ0) is 8.10. The number of likely N-dealkylation sites (tertiary alicyclic amines) is 1. The van der Waals surface area contributed by atoms with Crippen molar-refractivity contribution in [2.45, 2.75) is 26.2 Å². The standard InChI is InChI=1S/C9H20N2/c1-2-5-11-6-3-9(8-10)4-7-11/h9H,2-8,10H2,1H3/p+2. The van der Waals surface area contributed by atoms with E-state index in [2.05, 4.69) is 12.7 Å². The molecule has 1 fully saturated rings. The van der Waals surface area contributed by atoms with Crippen LogP contribution in [-0.4, -0.2) is 26.2 Å². The second-order valence-electron chi connectivity index (χ2n) is 3.73. The molecular weight excluding hydrogens is 136 g/mol. The van der Waals surface area contributed by atoms with Crippen molar-refractivity contribution in [1.82, 2.24) is 0 Å². The lowest BCUT2D eigenvalue weighted by Crippen LogP contribution is -3.13. The Labute approximate surface area is 69.8 Å². The molecule has 66 valence electrons. The maximum absolute atomic E-state index is 3.97. The maximum atomic E-state index is 3.97. The van der Waals surface area contributed by atoms with Gasteiger partial charge >= 0.3 is 0 Å². The topological polar surface area (TPSA) is 32.1 Å². The fourth-order valence-corrected chi connectivity index (χ4v) is 1.98. The molecule has 0 radical (unpaired) electrons. The lowest BCUT2D eigenvalue weighted by Gasteiger charge is -2.27. The zero-order valence-electron chi connectivity index (χ0n) is 7.73. The van der Waals surface area contributed by atoms with Gasteiger partial charge in [0.05, 0.1) is 26.2 Å². The van der Waals surface area contributed by atoms with Crippen LogP contribution in [0, 0.1) is 5.92 Å². The first-order chi connectivity index (χ1) is 5.36. The highest BCUT2D eigenvalue weighted by molar-refractivity contribution is 4.59. The monoisotopic (exact) mass is 158 g/mol. The van der Waals surface area contributed by atoms with Crippen LogP contribution >= 0.6 is 0 Å². The van der Waals surface area contributed by atoms with Gasteiger partial charge in [-0.2, -0.15) is 0 Å². The van der Waals surface area contributed by atoms with Crippen molar-refractivity contribution in [3.05, 3.63) is 0 Å². The molecule has 0 spiro atoms. The molecular formula is C9H22N2+2. The summed E-state index contributed by atoms with van der Waals surface area (Å²) in [5, 5.41) is 0. The molecule has 0 atom stereocenters. The van der Waals surface area contributed by atoms with Gasteiger partial charge in [0.2, 0.25) is 0 Å². The van der Waals surface area contributed by atoms with E-state index in [1.807, 2.05) is 4.90 Å². The molecule has 0 aliphatic carbocycles. The Kier molecular flexibility index (Phi) is 3.87. The Morgan fingerprint density at radius 2 is 2.00 bits per heavy atom. The summed E-state index contributed by atoms with van der Waals surface area (Å²) in [6.45, 7) is 7.60. The minimum absolute atomic E-state index is 0.940. The largest absolute Gasteiger partial charge is 0.357 e. The highest BCUT2D eigenvalue weighted by Crippen LogP contribution is 2.05. The Hall–Kier alpha value is -0.0800. The van der Waals surface area contributed by atoms with Gasteiger partial charge in [0.25, 0.3) is 0 Å². The Morgan fingerprint density at radius 1 is 1.36 bits per heavy atom. The van der Waals surface area contributed by atoms with Crippen LogP contribution in [0.25, 0.3) is 0 Å². The van der Waals surface area contributed by atoms with Gasteiger partial charge in [0.15, 0.2) is 0 Å². The third-order valence-electron chi connectivity index (χ3n) is 2.82. The summed E-state index contributed by atoms with van der Waals surface area (Å²) in [6.07, 6.45) is 4.17. The van der Waals surface area contributed by atoms with Crippen molar-refractivity contribution in [2.75, 3.05) is 26.2 Å². The average molecular weight is 158 g/mol. The quantitative estimate of drug-likeness (QED) is 0.524. The van der Waals surface area contributed by atoms with E-state index in [1.54, 1.807) is 0 Å². The van der Waals surface area contributed by atoms with E-state index in [4.69, 9.17) is 0 Å². The molecule has 0 aromatic carbocycles. The number of nitrogens with one attached hydrogen (secondary N) is 1. The summed E-state index contributed by atoms with van der Waals surface area (Å²) in [6, 6.07) is 0. The van der Waals surface area contributed by atoms with E-state index in [0.29, 0.717) is 0 Å². The average Bonchev–Trinajstić information content (AvgIpc) is 2.07. The number of hydrogen-bond donors (Lipinski definition) is 2. The fraction of sp³-hybridized carbons (Fsp3) is 1.00. The first-order valence-electron chi connectivity index (χ1n) is 4.99. The van der Waals surface area contributed by atoms with Crippen molar-refractivity contribution in [1.29, 1.82) is 0 Å². The van der Waals surface area contributed by atoms with Crippen LogP contribution in [0.4, 0.5) is 0 Å². The summed E-state index contributed by atoms with van der Waals surface area (Å²) < 4.78 is 0. The lowest BCUT2D eigenvalue weighted by molar-refractivity contribution is -0.906. The van der Waals surface area contributed by atoms with Crippen molar-refractivity contribution in [3.63, 3.8) is 0 Å². The molecule has 2 nitrogen and oxygen atoms in total. The van der Waals surface area contributed by atoms with E-state index >= 15 is 0 Å². The molecule has 1 aliphatic heterocycles. The number of hydrogen-bond acceptors (Lipinski definition) is 0. The summed E-state index contributed by atoms with van der Waals surface area (Å²) in [5.41, 5.74) is 3.97. The highest BCUT2D eigenvalue weighted by Gasteiger charge is 2.20. The van der Waals surface area contributed by atoms with E-state index < -0.39 is 0 Å². The van der Waals surface area contributed by atoms with Crippen LogP contribution < -0.4 is 10.6 Å². The van der Waals surface area contributed by atoms with Crippen LogP contribution in [0.2, 0.25) is 0 Å². The second kappa shape index (κ2) is 4.73. The van der Waals surface area contributed by atoms with Crippen LogP contribution in [0.3, 0.4) is 0 Å². The molecule has 0 aromatic rings. The molecule has 4 N–H and O–H groups in total. The van der Waals surface area contributed by atoms with Gasteiger partial charge in [-0.05, 0) is 6.42 Å². The summed E-state index contributed by atoms with van der Waals surface area (Å²) >= 11 is 0. The molecule has 11 heavy (non-hydrogen) atoms. The molecule has 1 aliphatic rings. The third-order valence-corrected chi connectivity index (χ3v) is 2.82. The number of rotatable bonds is 3. The first-order valence-corrected chi connectivity index (χ1v) is 4.99. The molecule has 0 amide bonds. The molecule has 0 bridgehead atoms. The molecule has 2 heteroatoms. The van der Waals surface area contributed by atoms with Gasteiger partial charge in [-0.3, -0.25) is 0 Å². The molecule has 0 aromatic heterocycles. The summed E-state index contributed by atoms with van der Waals surface area (Å²) in [7, 11) is 0. The van der Waals surface area contributed by atoms with Crippen molar-refractivity contribution >= 4 is 0 Å². The third kappa shape index (κ3) is 2.80. The van der Waals surface area contributed by atoms with Crippen molar-refractivity contribution in [3.8, 4) is 0 Å². The zero-order valence-corrected chi connectivity index (χ0v) is 7.73. The van der Waals surface area contributed by atoms with Crippen LogP contribution in [0.1, 0.15) is 26.2 Å². The minimum atomic E-state index is 0.940. The Balaban J connectivity index is 2.14. The predicted molar refractivity (Wildman–Crippen MR) is 46.3 cm³/mol. The van der Waals surface area contributed by atoms with E-state index in [9.17, 15) is 0 Å². The number of quaternary nitrogens is 2. The van der Waals surface area contributed by atoms with Gasteiger partial charge in [-0.15, -0.1) is 0 Å². The van der Waals surface area contributed by atoms with Gasteiger partial charge in [-0.25, -0.2) is 0 Å². The molecule has 1 heterocycles. The van der Waals surface area contributed by atoms with Crippen molar-refractivity contribution < 1.29 is 10.6 Å². The minimum Gasteiger partial charge on any atom is -0.357 e.